The Morgan fingerprint density at radius 2 is 1.93 bits per heavy atom. The lowest BCUT2D eigenvalue weighted by atomic mass is 10.1. The van der Waals surface area contributed by atoms with E-state index in [9.17, 15) is 9.59 Å². The van der Waals surface area contributed by atoms with Gasteiger partial charge >= 0.3 is 0 Å². The molecule has 27 heavy (non-hydrogen) atoms. The molecule has 152 valence electrons. The molecule has 1 saturated heterocycles. The number of halogens is 1. The summed E-state index contributed by atoms with van der Waals surface area (Å²) in [5.74, 6) is 0.172. The van der Waals surface area contributed by atoms with Crippen molar-refractivity contribution in [3.63, 3.8) is 0 Å². The molecule has 1 fully saturated rings. The maximum absolute atomic E-state index is 12.9. The summed E-state index contributed by atoms with van der Waals surface area (Å²) in [5, 5.41) is 10.6. The highest BCUT2D eigenvalue weighted by atomic mass is 35.5. The van der Waals surface area contributed by atoms with Crippen molar-refractivity contribution >= 4 is 24.2 Å². The van der Waals surface area contributed by atoms with Crippen LogP contribution in [0, 0.1) is 0 Å². The van der Waals surface area contributed by atoms with E-state index in [1.807, 2.05) is 23.6 Å². The van der Waals surface area contributed by atoms with Gasteiger partial charge in [-0.25, -0.2) is 0 Å². The van der Waals surface area contributed by atoms with E-state index in [2.05, 4.69) is 20.4 Å². The lowest BCUT2D eigenvalue weighted by molar-refractivity contribution is -0.132. The Morgan fingerprint density at radius 1 is 1.15 bits per heavy atom. The third kappa shape index (κ3) is 5.00. The summed E-state index contributed by atoms with van der Waals surface area (Å²) < 4.78 is 0. The zero-order chi connectivity index (χ0) is 18.5. The zero-order valence-electron chi connectivity index (χ0n) is 16.3. The summed E-state index contributed by atoms with van der Waals surface area (Å²) in [4.78, 5) is 31.2. The summed E-state index contributed by atoms with van der Waals surface area (Å²) in [7, 11) is 0. The first kappa shape index (κ1) is 21.7. The van der Waals surface area contributed by atoms with Crippen LogP contribution in [-0.2, 0) is 17.8 Å². The van der Waals surface area contributed by atoms with E-state index in [1.165, 1.54) is 0 Å². The van der Waals surface area contributed by atoms with Crippen molar-refractivity contribution < 1.29 is 9.59 Å². The molecule has 0 saturated carbocycles. The van der Waals surface area contributed by atoms with Crippen LogP contribution in [-0.4, -0.2) is 89.1 Å². The number of likely N-dealkylation sites (N-methyl/N-ethyl adjacent to an activating group) is 1. The van der Waals surface area contributed by atoms with Gasteiger partial charge in [0.15, 0.2) is 5.69 Å². The fraction of sp³-hybridized carbons (Fsp3) is 0.722. The van der Waals surface area contributed by atoms with E-state index >= 15 is 0 Å². The van der Waals surface area contributed by atoms with Gasteiger partial charge < -0.3 is 15.1 Å². The molecule has 3 rings (SSSR count). The number of hydrogen-bond donors (Lipinski definition) is 2. The number of aromatic amines is 1. The molecule has 1 aromatic rings. The van der Waals surface area contributed by atoms with Crippen LogP contribution in [0.3, 0.4) is 0 Å². The highest BCUT2D eigenvalue weighted by Gasteiger charge is 2.27. The van der Waals surface area contributed by atoms with E-state index in [4.69, 9.17) is 0 Å². The van der Waals surface area contributed by atoms with Crippen LogP contribution in [0.1, 0.15) is 42.0 Å². The van der Waals surface area contributed by atoms with Crippen LogP contribution in [0.25, 0.3) is 0 Å². The number of amides is 2. The molecule has 0 unspecified atom stereocenters. The van der Waals surface area contributed by atoms with Gasteiger partial charge in [0.05, 0.1) is 6.54 Å². The topological polar surface area (TPSA) is 84.6 Å². The van der Waals surface area contributed by atoms with Crippen LogP contribution in [0.5, 0.6) is 0 Å². The van der Waals surface area contributed by atoms with Crippen molar-refractivity contribution in [1.82, 2.24) is 30.2 Å². The van der Waals surface area contributed by atoms with Crippen molar-refractivity contribution in [2.75, 3.05) is 52.4 Å². The first-order chi connectivity index (χ1) is 12.6. The lowest BCUT2D eigenvalue weighted by Gasteiger charge is -2.25. The molecule has 0 aliphatic carbocycles. The molecule has 2 N–H and O–H groups in total. The second kappa shape index (κ2) is 10.1. The predicted octanol–water partition coefficient (Wildman–Crippen LogP) is 0.494. The molecule has 2 amide bonds. The molecular formula is C18H31ClN6O2. The summed E-state index contributed by atoms with van der Waals surface area (Å²) in [6, 6.07) is 0. The summed E-state index contributed by atoms with van der Waals surface area (Å²) in [6.07, 6.45) is 1.76. The largest absolute Gasteiger partial charge is 0.342 e. The Balaban J connectivity index is 0.00000261. The number of aromatic nitrogens is 2. The molecule has 0 bridgehead atoms. The molecule has 0 aromatic carbocycles. The molecule has 3 heterocycles. The maximum atomic E-state index is 12.9. The fourth-order valence-corrected chi connectivity index (χ4v) is 3.75. The quantitative estimate of drug-likeness (QED) is 0.754. The molecule has 0 atom stereocenters. The second-order valence-electron chi connectivity index (χ2n) is 6.94. The number of carbonyl (C=O) groups is 2. The third-order valence-corrected chi connectivity index (χ3v) is 5.36. The minimum Gasteiger partial charge on any atom is -0.342 e. The van der Waals surface area contributed by atoms with Gasteiger partial charge in [0.25, 0.3) is 5.91 Å². The number of nitrogens with one attached hydrogen (secondary N) is 2. The molecule has 2 aliphatic heterocycles. The number of hydrogen-bond acceptors (Lipinski definition) is 5. The molecule has 0 radical (unpaired) electrons. The predicted molar refractivity (Wildman–Crippen MR) is 106 cm³/mol. The Morgan fingerprint density at radius 3 is 2.67 bits per heavy atom. The number of H-pyrrole nitrogens is 1. The van der Waals surface area contributed by atoms with Gasteiger partial charge in [-0.1, -0.05) is 0 Å². The Bertz CT molecular complexity index is 646. The van der Waals surface area contributed by atoms with Gasteiger partial charge in [-0.3, -0.25) is 19.6 Å². The van der Waals surface area contributed by atoms with E-state index < -0.39 is 0 Å². The van der Waals surface area contributed by atoms with Gasteiger partial charge in [0, 0.05) is 70.0 Å². The van der Waals surface area contributed by atoms with Gasteiger partial charge in [-0.2, -0.15) is 5.10 Å². The van der Waals surface area contributed by atoms with Crippen molar-refractivity contribution in [2.45, 2.75) is 33.2 Å². The van der Waals surface area contributed by atoms with E-state index in [0.717, 1.165) is 56.8 Å². The second-order valence-corrected chi connectivity index (χ2v) is 6.94. The summed E-state index contributed by atoms with van der Waals surface area (Å²) in [6.45, 7) is 10.5. The number of fused-ring (bicyclic) bond motifs is 1. The fourth-order valence-electron chi connectivity index (χ4n) is 3.75. The molecule has 1 aromatic heterocycles. The Hall–Kier alpha value is -1.64. The molecular weight excluding hydrogens is 368 g/mol. The van der Waals surface area contributed by atoms with Crippen molar-refractivity contribution in [3.8, 4) is 0 Å². The normalized spacial score (nSPS) is 17.6. The smallest absolute Gasteiger partial charge is 0.274 e. The lowest BCUT2D eigenvalue weighted by Crippen LogP contribution is -2.42. The van der Waals surface area contributed by atoms with Crippen molar-refractivity contribution in [3.05, 3.63) is 17.0 Å². The van der Waals surface area contributed by atoms with Gasteiger partial charge in [-0.15, -0.1) is 12.4 Å². The minimum absolute atomic E-state index is 0. The van der Waals surface area contributed by atoms with E-state index in [-0.39, 0.29) is 24.2 Å². The maximum Gasteiger partial charge on any atom is 0.274 e. The Labute approximate surface area is 167 Å². The number of rotatable bonds is 5. The van der Waals surface area contributed by atoms with Crippen LogP contribution in [0.4, 0.5) is 0 Å². The van der Waals surface area contributed by atoms with Crippen molar-refractivity contribution in [2.24, 2.45) is 0 Å². The van der Waals surface area contributed by atoms with Crippen molar-refractivity contribution in [1.29, 1.82) is 0 Å². The van der Waals surface area contributed by atoms with Crippen LogP contribution in [0.15, 0.2) is 0 Å². The minimum atomic E-state index is 0. The Kier molecular flexibility index (Phi) is 8.07. The van der Waals surface area contributed by atoms with Crippen LogP contribution in [0.2, 0.25) is 0 Å². The summed E-state index contributed by atoms with van der Waals surface area (Å²) >= 11 is 0. The number of nitrogens with zero attached hydrogens (tertiary/aromatic N) is 4. The number of carbonyl (C=O) groups excluding carboxylic acids is 2. The van der Waals surface area contributed by atoms with Crippen LogP contribution < -0.4 is 5.32 Å². The monoisotopic (exact) mass is 398 g/mol. The molecule has 0 spiro atoms. The van der Waals surface area contributed by atoms with Gasteiger partial charge in [-0.05, 0) is 20.3 Å². The van der Waals surface area contributed by atoms with Gasteiger partial charge in [0.2, 0.25) is 5.91 Å². The molecule has 8 nitrogen and oxygen atoms in total. The molecule has 9 heteroatoms. The average Bonchev–Trinajstić information content (AvgIpc) is 2.95. The summed E-state index contributed by atoms with van der Waals surface area (Å²) in [5.41, 5.74) is 2.65. The SMILES string of the molecule is CCN(CC)C(=O)CN1CCCN(C(=O)c2n[nH]c3c2CNCC3)CC1.Cl. The standard InChI is InChI=1S/C18H30N6O2.ClH/c1-3-23(4-2)16(25)13-22-8-5-9-24(11-10-22)18(26)17-14-12-19-7-6-15(14)20-21-17;/h19H,3-13H2,1-2H3,(H,20,21);1H. The zero-order valence-corrected chi connectivity index (χ0v) is 17.1. The highest BCUT2D eigenvalue weighted by molar-refractivity contribution is 5.94. The van der Waals surface area contributed by atoms with E-state index in [1.54, 1.807) is 0 Å². The van der Waals surface area contributed by atoms with E-state index in [0.29, 0.717) is 31.9 Å². The first-order valence-electron chi connectivity index (χ1n) is 9.70. The van der Waals surface area contributed by atoms with Crippen LogP contribution >= 0.6 is 12.4 Å². The first-order valence-corrected chi connectivity index (χ1v) is 9.70. The average molecular weight is 399 g/mol. The highest BCUT2D eigenvalue weighted by Crippen LogP contribution is 2.18. The third-order valence-electron chi connectivity index (χ3n) is 5.36. The molecule has 2 aliphatic rings. The van der Waals surface area contributed by atoms with Gasteiger partial charge in [0.1, 0.15) is 0 Å².